The predicted octanol–water partition coefficient (Wildman–Crippen LogP) is 3.64. The minimum Gasteiger partial charge on any atom is -0.486 e. The number of carbonyl (C=O) groups is 2. The summed E-state index contributed by atoms with van der Waals surface area (Å²) in [7, 11) is -3.88. The van der Waals surface area contributed by atoms with Gasteiger partial charge in [-0.15, -0.1) is 0 Å². The summed E-state index contributed by atoms with van der Waals surface area (Å²) in [4.78, 5) is 29.2. The van der Waals surface area contributed by atoms with Crippen LogP contribution in [-0.4, -0.2) is 63.7 Å². The van der Waals surface area contributed by atoms with Gasteiger partial charge in [0.25, 0.3) is 0 Å². The van der Waals surface area contributed by atoms with Gasteiger partial charge in [-0.25, -0.2) is 8.42 Å². The van der Waals surface area contributed by atoms with Crippen molar-refractivity contribution in [3.8, 4) is 11.5 Å². The first kappa shape index (κ1) is 29.9. The molecule has 1 heterocycles. The molecule has 10 heteroatoms. The fourth-order valence-electron chi connectivity index (χ4n) is 4.56. The molecule has 1 aliphatic rings. The van der Waals surface area contributed by atoms with Gasteiger partial charge in [0.05, 0.1) is 11.9 Å². The average Bonchev–Trinajstić information content (AvgIpc) is 2.96. The first-order chi connectivity index (χ1) is 19.6. The number of hydrogen-bond acceptors (Lipinski definition) is 6. The highest BCUT2D eigenvalue weighted by Gasteiger charge is 2.33. The summed E-state index contributed by atoms with van der Waals surface area (Å²) < 4.78 is 38.2. The smallest absolute Gasteiger partial charge is 0.244 e. The van der Waals surface area contributed by atoms with Crippen LogP contribution in [0, 0.1) is 5.92 Å². The number of sulfonamides is 1. The second-order valence-corrected chi connectivity index (χ2v) is 12.4. The fourth-order valence-corrected chi connectivity index (χ4v) is 5.40. The quantitative estimate of drug-likeness (QED) is 0.351. The van der Waals surface area contributed by atoms with Gasteiger partial charge in [-0.2, -0.15) is 0 Å². The zero-order valence-corrected chi connectivity index (χ0v) is 24.5. The number of anilines is 1. The molecule has 0 spiro atoms. The van der Waals surface area contributed by atoms with E-state index in [-0.39, 0.29) is 30.5 Å². The minimum absolute atomic E-state index is 0.130. The summed E-state index contributed by atoms with van der Waals surface area (Å²) in [5.74, 6) is 0.332. The molecular weight excluding hydrogens is 542 g/mol. The third-order valence-electron chi connectivity index (χ3n) is 6.64. The molecular formula is C31H37N3O6S. The van der Waals surface area contributed by atoms with Crippen LogP contribution in [-0.2, 0) is 32.6 Å². The Bertz CT molecular complexity index is 1430. The highest BCUT2D eigenvalue weighted by molar-refractivity contribution is 7.92. The Morgan fingerprint density at radius 1 is 0.878 bits per heavy atom. The third-order valence-corrected chi connectivity index (χ3v) is 7.78. The summed E-state index contributed by atoms with van der Waals surface area (Å²) in [5, 5.41) is 2.98. The summed E-state index contributed by atoms with van der Waals surface area (Å²) in [6.07, 6.45) is 1.32. The number of nitrogens with one attached hydrogen (secondary N) is 1. The topological polar surface area (TPSA) is 105 Å². The van der Waals surface area contributed by atoms with Crippen LogP contribution in [0.15, 0.2) is 78.9 Å². The molecule has 1 unspecified atom stereocenters. The molecule has 3 aromatic rings. The molecule has 1 aliphatic heterocycles. The lowest BCUT2D eigenvalue weighted by molar-refractivity contribution is -0.140. The molecule has 0 aliphatic carbocycles. The monoisotopic (exact) mass is 579 g/mol. The van der Waals surface area contributed by atoms with Gasteiger partial charge in [0.15, 0.2) is 11.5 Å². The molecule has 0 aromatic heterocycles. The molecule has 1 atom stereocenters. The molecule has 9 nitrogen and oxygen atoms in total. The number of rotatable bonds is 12. The standard InChI is InChI=1S/C31H37N3O6S/c1-23(2)20-32-31(36)27(18-24-10-6-4-7-11-24)33(21-25-12-8-5-9-13-25)30(35)22-34(41(3,37)38)26-14-15-28-29(19-26)40-17-16-39-28/h4-15,19,23,27H,16-18,20-22H2,1-3H3,(H,32,36). The Balaban J connectivity index is 1.70. The van der Waals surface area contributed by atoms with Crippen molar-refractivity contribution in [3.05, 3.63) is 90.0 Å². The SMILES string of the molecule is CC(C)CNC(=O)C(Cc1ccccc1)N(Cc1ccccc1)C(=O)CN(c1ccc2c(c1)OCCO2)S(C)(=O)=O. The van der Waals surface area contributed by atoms with Crippen molar-refractivity contribution in [3.63, 3.8) is 0 Å². The Labute approximate surface area is 242 Å². The molecule has 0 saturated heterocycles. The van der Waals surface area contributed by atoms with Crippen LogP contribution in [0.2, 0.25) is 0 Å². The van der Waals surface area contributed by atoms with Gasteiger partial charge in [0.1, 0.15) is 25.8 Å². The van der Waals surface area contributed by atoms with Crippen molar-refractivity contribution < 1.29 is 27.5 Å². The van der Waals surface area contributed by atoms with Crippen LogP contribution < -0.4 is 19.1 Å². The molecule has 3 aromatic carbocycles. The van der Waals surface area contributed by atoms with E-state index in [4.69, 9.17) is 9.47 Å². The molecule has 0 saturated carbocycles. The van der Waals surface area contributed by atoms with Gasteiger partial charge >= 0.3 is 0 Å². The number of ether oxygens (including phenoxy) is 2. The highest BCUT2D eigenvalue weighted by atomic mass is 32.2. The van der Waals surface area contributed by atoms with E-state index in [1.54, 1.807) is 18.2 Å². The maximum Gasteiger partial charge on any atom is 0.244 e. The van der Waals surface area contributed by atoms with Crippen LogP contribution in [0.3, 0.4) is 0 Å². The summed E-state index contributed by atoms with van der Waals surface area (Å²) in [5.41, 5.74) is 1.98. The lowest BCUT2D eigenvalue weighted by Crippen LogP contribution is -2.53. The van der Waals surface area contributed by atoms with E-state index in [0.717, 1.165) is 21.7 Å². The van der Waals surface area contributed by atoms with Crippen LogP contribution in [0.25, 0.3) is 0 Å². The molecule has 0 radical (unpaired) electrons. The first-order valence-corrected chi connectivity index (χ1v) is 15.5. The maximum absolute atomic E-state index is 14.1. The van der Waals surface area contributed by atoms with Crippen LogP contribution >= 0.6 is 0 Å². The van der Waals surface area contributed by atoms with Crippen molar-refractivity contribution in [2.24, 2.45) is 5.92 Å². The summed E-state index contributed by atoms with van der Waals surface area (Å²) >= 11 is 0. The number of nitrogens with zero attached hydrogens (tertiary/aromatic N) is 2. The Morgan fingerprint density at radius 2 is 1.49 bits per heavy atom. The van der Waals surface area contributed by atoms with Crippen molar-refractivity contribution in [1.82, 2.24) is 10.2 Å². The summed E-state index contributed by atoms with van der Waals surface area (Å²) in [6, 6.07) is 22.7. The number of hydrogen-bond donors (Lipinski definition) is 1. The zero-order valence-electron chi connectivity index (χ0n) is 23.7. The second-order valence-electron chi connectivity index (χ2n) is 10.4. The van der Waals surface area contributed by atoms with E-state index >= 15 is 0 Å². The van der Waals surface area contributed by atoms with E-state index in [1.165, 1.54) is 4.90 Å². The number of amides is 2. The Hall–Kier alpha value is -4.05. The average molecular weight is 580 g/mol. The first-order valence-electron chi connectivity index (χ1n) is 13.6. The predicted molar refractivity (Wildman–Crippen MR) is 158 cm³/mol. The van der Waals surface area contributed by atoms with E-state index in [0.29, 0.717) is 31.3 Å². The fraction of sp³-hybridized carbons (Fsp3) is 0.355. The highest BCUT2D eigenvalue weighted by Crippen LogP contribution is 2.34. The molecule has 1 N–H and O–H groups in total. The second kappa shape index (κ2) is 13.5. The van der Waals surface area contributed by atoms with Crippen LogP contribution in [0.1, 0.15) is 25.0 Å². The van der Waals surface area contributed by atoms with Crippen molar-refractivity contribution in [2.45, 2.75) is 32.9 Å². The van der Waals surface area contributed by atoms with Gasteiger partial charge in [0.2, 0.25) is 21.8 Å². The number of carbonyl (C=O) groups excluding carboxylic acids is 2. The van der Waals surface area contributed by atoms with Crippen molar-refractivity contribution in [2.75, 3.05) is 36.9 Å². The number of benzene rings is 3. The molecule has 2 amide bonds. The van der Waals surface area contributed by atoms with E-state index in [9.17, 15) is 18.0 Å². The Morgan fingerprint density at radius 3 is 2.10 bits per heavy atom. The molecule has 0 fully saturated rings. The van der Waals surface area contributed by atoms with E-state index in [1.807, 2.05) is 74.5 Å². The largest absolute Gasteiger partial charge is 0.486 e. The van der Waals surface area contributed by atoms with Crippen LogP contribution in [0.5, 0.6) is 11.5 Å². The van der Waals surface area contributed by atoms with Gasteiger partial charge < -0.3 is 19.7 Å². The minimum atomic E-state index is -3.88. The van der Waals surface area contributed by atoms with Gasteiger partial charge in [-0.1, -0.05) is 74.5 Å². The third kappa shape index (κ3) is 8.23. The molecule has 218 valence electrons. The number of fused-ring (bicyclic) bond motifs is 1. The maximum atomic E-state index is 14.1. The van der Waals surface area contributed by atoms with E-state index in [2.05, 4.69) is 5.32 Å². The van der Waals surface area contributed by atoms with Crippen LogP contribution in [0.4, 0.5) is 5.69 Å². The van der Waals surface area contributed by atoms with Gasteiger partial charge in [-0.3, -0.25) is 13.9 Å². The normalized spacial score (nSPS) is 13.4. The molecule has 41 heavy (non-hydrogen) atoms. The Kier molecular flexibility index (Phi) is 9.88. The molecule has 4 rings (SSSR count). The van der Waals surface area contributed by atoms with Gasteiger partial charge in [-0.05, 0) is 29.2 Å². The molecule has 0 bridgehead atoms. The lowest BCUT2D eigenvalue weighted by atomic mass is 10.0. The zero-order chi connectivity index (χ0) is 29.4. The van der Waals surface area contributed by atoms with Crippen molar-refractivity contribution >= 4 is 27.5 Å². The van der Waals surface area contributed by atoms with E-state index < -0.39 is 28.5 Å². The van der Waals surface area contributed by atoms with Gasteiger partial charge in [0, 0.05) is 25.6 Å². The lowest BCUT2D eigenvalue weighted by Gasteiger charge is -2.34. The summed E-state index contributed by atoms with van der Waals surface area (Å²) in [6.45, 7) is 4.82. The van der Waals surface area contributed by atoms with Crippen molar-refractivity contribution in [1.29, 1.82) is 0 Å².